The fourth-order valence-corrected chi connectivity index (χ4v) is 3.81. The van der Waals surface area contributed by atoms with Gasteiger partial charge in [-0.1, -0.05) is 0 Å². The van der Waals surface area contributed by atoms with Gasteiger partial charge in [0.05, 0.1) is 12.7 Å². The Morgan fingerprint density at radius 1 is 0.459 bits per heavy atom. The van der Waals surface area contributed by atoms with Crippen molar-refractivity contribution in [3.8, 4) is 0 Å². The lowest BCUT2D eigenvalue weighted by Gasteiger charge is -2.59. The second kappa shape index (κ2) is 9.67. The van der Waals surface area contributed by atoms with Gasteiger partial charge in [0, 0.05) is 6.42 Å². The normalized spacial score (nSPS) is 19.9. The number of halogens is 15. The third-order valence-electron chi connectivity index (χ3n) is 5.34. The first-order valence-corrected chi connectivity index (χ1v) is 8.66. The van der Waals surface area contributed by atoms with Gasteiger partial charge in [-0.2, -0.15) is 65.9 Å². The van der Waals surface area contributed by atoms with Crippen molar-refractivity contribution in [1.29, 1.82) is 0 Å². The quantitative estimate of drug-likeness (QED) is 0.149. The third-order valence-corrected chi connectivity index (χ3v) is 5.34. The molecule has 224 valence electrons. The highest BCUT2D eigenvalue weighted by Crippen LogP contribution is 2.79. The van der Waals surface area contributed by atoms with Crippen molar-refractivity contribution < 1.29 is 107 Å². The van der Waals surface area contributed by atoms with E-state index in [-0.39, 0.29) is 0 Å². The summed E-state index contributed by atoms with van der Waals surface area (Å²) >= 11 is 0. The lowest BCUT2D eigenvalue weighted by molar-refractivity contribution is -0.575. The van der Waals surface area contributed by atoms with Gasteiger partial charge in [-0.3, -0.25) is 0 Å². The van der Waals surface area contributed by atoms with Crippen LogP contribution in [0, 0.1) is 10.8 Å². The molecule has 0 saturated carbocycles. The number of alkyl halides is 15. The topological polar surface area (TPSA) is 162 Å². The predicted octanol–water partition coefficient (Wildman–Crippen LogP) is 0.598. The van der Waals surface area contributed by atoms with Crippen molar-refractivity contribution in [2.45, 2.75) is 67.2 Å². The smallest absolute Gasteiger partial charge is 0.394 e. The zero-order valence-corrected chi connectivity index (χ0v) is 16.9. The fourth-order valence-electron chi connectivity index (χ4n) is 3.81. The Morgan fingerprint density at radius 3 is 0.919 bits per heavy atom. The summed E-state index contributed by atoms with van der Waals surface area (Å²) in [6, 6.07) is 0. The Labute approximate surface area is 192 Å². The fraction of sp³-hybridized carbons (Fsp3) is 1.00. The summed E-state index contributed by atoms with van der Waals surface area (Å²) in [5.41, 5.74) is -25.6. The maximum atomic E-state index is 13.9. The van der Waals surface area contributed by atoms with E-state index < -0.39 is 84.6 Å². The van der Waals surface area contributed by atoms with Crippen LogP contribution in [0.3, 0.4) is 0 Å². The first-order chi connectivity index (χ1) is 15.8. The molecule has 0 aliphatic heterocycles. The van der Waals surface area contributed by atoms with Gasteiger partial charge in [0.15, 0.2) is 5.60 Å². The van der Waals surface area contributed by atoms with Crippen molar-refractivity contribution in [3.05, 3.63) is 0 Å². The Hall–Kier alpha value is -1.37. The van der Waals surface area contributed by atoms with Gasteiger partial charge < -0.3 is 40.9 Å². The Balaban J connectivity index is 8.68. The summed E-state index contributed by atoms with van der Waals surface area (Å²) in [4.78, 5) is 0. The highest BCUT2D eigenvalue weighted by atomic mass is 19.4. The highest BCUT2D eigenvalue weighted by molar-refractivity contribution is 5.25. The van der Waals surface area contributed by atoms with E-state index in [1.165, 1.54) is 0 Å². The molecular weight excluding hydrogens is 581 g/mol. The molecule has 0 aromatic carbocycles. The second-order valence-corrected chi connectivity index (χ2v) is 7.50. The van der Waals surface area contributed by atoms with Crippen molar-refractivity contribution >= 4 is 0 Å². The minimum Gasteiger partial charge on any atom is -0.394 e. The average molecular weight is 596 g/mol. The summed E-state index contributed by atoms with van der Waals surface area (Å²) < 4.78 is 205. The van der Waals surface area contributed by atoms with Crippen LogP contribution >= 0.6 is 0 Å². The van der Waals surface area contributed by atoms with E-state index in [2.05, 4.69) is 0 Å². The Morgan fingerprint density at radius 2 is 0.730 bits per heavy atom. The summed E-state index contributed by atoms with van der Waals surface area (Å²) in [7, 11) is 0. The molecule has 0 spiro atoms. The number of rotatable bonds is 8. The van der Waals surface area contributed by atoms with Gasteiger partial charge in [0.2, 0.25) is 5.41 Å². The van der Waals surface area contributed by atoms with Gasteiger partial charge in [0.1, 0.15) is 12.2 Å². The molecule has 0 aromatic rings. The zero-order chi connectivity index (χ0) is 30.6. The lowest BCUT2D eigenvalue weighted by atomic mass is 9.50. The first kappa shape index (κ1) is 35.6. The standard InChI is InChI=1S/C14H15F15O8/c15-9(16,17)7(10(18,19)20,8(11(21,22)23,12(24,25)26)13(27,28)29)6(34,14(35,36)37)1-3(31)5(33)4(32)2-30/h3-5,30-37H,1-2H2. The van der Waals surface area contributed by atoms with Gasteiger partial charge in [0.25, 0.3) is 5.41 Å². The molecule has 0 aliphatic rings. The molecular formula is C14H15F15O8. The molecule has 37 heavy (non-hydrogen) atoms. The van der Waals surface area contributed by atoms with Crippen LogP contribution in [0.1, 0.15) is 6.42 Å². The Bertz CT molecular complexity index is 729. The molecule has 0 aromatic heterocycles. The van der Waals surface area contributed by atoms with Crippen molar-refractivity contribution in [1.82, 2.24) is 0 Å². The molecule has 4 atom stereocenters. The van der Waals surface area contributed by atoms with Gasteiger partial charge in [-0.15, -0.1) is 0 Å². The van der Waals surface area contributed by atoms with Crippen molar-refractivity contribution in [2.24, 2.45) is 10.8 Å². The molecule has 0 rings (SSSR count). The summed E-state index contributed by atoms with van der Waals surface area (Å²) in [5.74, 6) is -6.68. The van der Waals surface area contributed by atoms with Crippen molar-refractivity contribution in [3.63, 3.8) is 0 Å². The summed E-state index contributed by atoms with van der Waals surface area (Å²) in [6.45, 7) is -1.85. The average Bonchev–Trinajstić information content (AvgIpc) is 2.57. The Kier molecular flexibility index (Phi) is 9.32. The van der Waals surface area contributed by atoms with Crippen LogP contribution in [0.5, 0.6) is 0 Å². The number of aliphatic hydroxyl groups is 8. The SMILES string of the molecule is OCC(O)C(O)C(O)CC(O)(C(O)(O)O)C(C(F)(F)F)(C(F)(F)F)C(C(F)(F)F)(C(F)(F)F)C(F)(F)F. The van der Waals surface area contributed by atoms with Crippen LogP contribution in [-0.2, 0) is 0 Å². The van der Waals surface area contributed by atoms with E-state index in [4.69, 9.17) is 25.5 Å². The van der Waals surface area contributed by atoms with E-state index in [0.29, 0.717) is 0 Å². The summed E-state index contributed by atoms with van der Waals surface area (Å²) in [6.07, 6.45) is -58.4. The largest absolute Gasteiger partial charge is 0.413 e. The molecule has 8 N–H and O–H groups in total. The second-order valence-electron chi connectivity index (χ2n) is 7.50. The van der Waals surface area contributed by atoms with Gasteiger partial charge in [-0.25, -0.2) is 0 Å². The molecule has 0 fully saturated rings. The van der Waals surface area contributed by atoms with Crippen LogP contribution in [0.15, 0.2) is 0 Å². The highest BCUT2D eigenvalue weighted by Gasteiger charge is 3.05. The van der Waals surface area contributed by atoms with E-state index >= 15 is 0 Å². The van der Waals surface area contributed by atoms with E-state index in [1.54, 1.807) is 0 Å². The molecule has 8 nitrogen and oxygen atoms in total. The van der Waals surface area contributed by atoms with Gasteiger partial charge in [-0.05, 0) is 0 Å². The van der Waals surface area contributed by atoms with E-state index in [1.807, 2.05) is 0 Å². The van der Waals surface area contributed by atoms with E-state index in [9.17, 15) is 81.2 Å². The third kappa shape index (κ3) is 5.03. The maximum absolute atomic E-state index is 13.9. The van der Waals surface area contributed by atoms with Crippen molar-refractivity contribution in [2.75, 3.05) is 6.61 Å². The van der Waals surface area contributed by atoms with Crippen LogP contribution in [0.4, 0.5) is 65.9 Å². The number of hydrogen-bond donors (Lipinski definition) is 8. The van der Waals surface area contributed by atoms with Gasteiger partial charge >= 0.3 is 36.9 Å². The molecule has 0 radical (unpaired) electrons. The maximum Gasteiger partial charge on any atom is 0.413 e. The molecule has 0 aliphatic carbocycles. The molecule has 23 heteroatoms. The van der Waals surface area contributed by atoms with Crippen LogP contribution in [0.2, 0.25) is 0 Å². The predicted molar refractivity (Wildman–Crippen MR) is 79.2 cm³/mol. The molecule has 0 heterocycles. The minimum absolute atomic E-state index is 1.85. The van der Waals surface area contributed by atoms with Crippen LogP contribution in [-0.4, -0.2) is 108 Å². The van der Waals surface area contributed by atoms with Crippen LogP contribution < -0.4 is 0 Å². The minimum atomic E-state index is -9.29. The molecule has 0 bridgehead atoms. The van der Waals surface area contributed by atoms with Crippen LogP contribution in [0.25, 0.3) is 0 Å². The number of aliphatic hydroxyl groups excluding tert-OH is 4. The zero-order valence-electron chi connectivity index (χ0n) is 16.9. The molecule has 4 unspecified atom stereocenters. The first-order valence-electron chi connectivity index (χ1n) is 8.66. The summed E-state index contributed by atoms with van der Waals surface area (Å²) in [5, 5.41) is 73.5. The molecule has 0 amide bonds. The molecule has 0 saturated heterocycles. The monoisotopic (exact) mass is 596 g/mol. The van der Waals surface area contributed by atoms with E-state index in [0.717, 1.165) is 0 Å². The number of hydrogen-bond acceptors (Lipinski definition) is 8. The lowest BCUT2D eigenvalue weighted by Crippen LogP contribution is -2.86.